The zero-order valence-electron chi connectivity index (χ0n) is 9.70. The first-order valence-corrected chi connectivity index (χ1v) is 6.82. The van der Waals surface area contributed by atoms with Gasteiger partial charge in [0.1, 0.15) is 5.25 Å². The molecule has 0 bridgehead atoms. The minimum absolute atomic E-state index is 0.283. The Morgan fingerprint density at radius 3 is 2.27 bits per heavy atom. The van der Waals surface area contributed by atoms with E-state index in [2.05, 4.69) is 5.32 Å². The van der Waals surface area contributed by atoms with E-state index in [9.17, 15) is 13.2 Å². The molecule has 0 aromatic heterocycles. The maximum absolute atomic E-state index is 11.6. The standard InChI is InChI=1S/C9H20N2O3S/c1-5-9(3,6-10)11-8(12)7(2)15(4,13)14/h7H,5-6,10H2,1-4H3,(H,11,12). The zero-order chi connectivity index (χ0) is 12.3. The van der Waals surface area contributed by atoms with E-state index < -0.39 is 26.5 Å². The fourth-order valence-electron chi connectivity index (χ4n) is 0.877. The van der Waals surface area contributed by atoms with Crippen molar-refractivity contribution in [1.82, 2.24) is 5.32 Å². The number of carbonyl (C=O) groups excluding carboxylic acids is 1. The van der Waals surface area contributed by atoms with Crippen LogP contribution in [-0.4, -0.2) is 37.9 Å². The first kappa shape index (κ1) is 14.4. The van der Waals surface area contributed by atoms with Crippen molar-refractivity contribution in [1.29, 1.82) is 0 Å². The lowest BCUT2D eigenvalue weighted by Crippen LogP contribution is -2.54. The quantitative estimate of drug-likeness (QED) is 0.683. The van der Waals surface area contributed by atoms with Crippen LogP contribution in [0.25, 0.3) is 0 Å². The Labute approximate surface area is 91.3 Å². The van der Waals surface area contributed by atoms with Gasteiger partial charge >= 0.3 is 0 Å². The van der Waals surface area contributed by atoms with Crippen molar-refractivity contribution in [3.63, 3.8) is 0 Å². The van der Waals surface area contributed by atoms with Crippen LogP contribution in [0.4, 0.5) is 0 Å². The van der Waals surface area contributed by atoms with Crippen LogP contribution in [0.15, 0.2) is 0 Å². The molecule has 0 aliphatic heterocycles. The Morgan fingerprint density at radius 2 is 2.00 bits per heavy atom. The molecule has 0 aliphatic carbocycles. The molecule has 0 spiro atoms. The monoisotopic (exact) mass is 236 g/mol. The molecule has 2 unspecified atom stereocenters. The maximum Gasteiger partial charge on any atom is 0.238 e. The van der Waals surface area contributed by atoms with E-state index in [1.807, 2.05) is 6.92 Å². The molecule has 0 aliphatic rings. The van der Waals surface area contributed by atoms with Crippen LogP contribution in [0.2, 0.25) is 0 Å². The fraction of sp³-hybridized carbons (Fsp3) is 0.889. The minimum atomic E-state index is -3.34. The maximum atomic E-state index is 11.6. The highest BCUT2D eigenvalue weighted by molar-refractivity contribution is 7.92. The molecule has 0 rings (SSSR count). The number of hydrogen-bond acceptors (Lipinski definition) is 4. The summed E-state index contributed by atoms with van der Waals surface area (Å²) in [6.45, 7) is 5.33. The SMILES string of the molecule is CCC(C)(CN)NC(=O)C(C)S(C)(=O)=O. The van der Waals surface area contributed by atoms with E-state index in [-0.39, 0.29) is 6.54 Å². The number of hydrogen-bond donors (Lipinski definition) is 2. The third-order valence-corrected chi connectivity index (χ3v) is 4.17. The lowest BCUT2D eigenvalue weighted by Gasteiger charge is -2.29. The van der Waals surface area contributed by atoms with Crippen molar-refractivity contribution >= 4 is 15.7 Å². The van der Waals surface area contributed by atoms with Crippen LogP contribution in [0.5, 0.6) is 0 Å². The fourth-order valence-corrected chi connectivity index (χ4v) is 1.33. The van der Waals surface area contributed by atoms with Gasteiger partial charge < -0.3 is 11.1 Å². The second kappa shape index (κ2) is 4.94. The van der Waals surface area contributed by atoms with Gasteiger partial charge in [-0.2, -0.15) is 0 Å². The Balaban J connectivity index is 4.64. The Kier molecular flexibility index (Phi) is 4.73. The van der Waals surface area contributed by atoms with Crippen molar-refractivity contribution in [2.75, 3.05) is 12.8 Å². The minimum Gasteiger partial charge on any atom is -0.349 e. The van der Waals surface area contributed by atoms with Gasteiger partial charge in [0.15, 0.2) is 9.84 Å². The van der Waals surface area contributed by atoms with E-state index >= 15 is 0 Å². The van der Waals surface area contributed by atoms with Gasteiger partial charge in [-0.3, -0.25) is 4.79 Å². The molecule has 2 atom stereocenters. The summed E-state index contributed by atoms with van der Waals surface area (Å²) in [4.78, 5) is 11.6. The highest BCUT2D eigenvalue weighted by Crippen LogP contribution is 2.08. The highest BCUT2D eigenvalue weighted by atomic mass is 32.2. The van der Waals surface area contributed by atoms with Gasteiger partial charge in [-0.05, 0) is 20.3 Å². The third-order valence-electron chi connectivity index (χ3n) is 2.67. The third kappa shape index (κ3) is 4.17. The molecule has 90 valence electrons. The largest absolute Gasteiger partial charge is 0.349 e. The molecular weight excluding hydrogens is 216 g/mol. The average molecular weight is 236 g/mol. The number of nitrogens with one attached hydrogen (secondary N) is 1. The van der Waals surface area contributed by atoms with Crippen LogP contribution in [-0.2, 0) is 14.6 Å². The summed E-state index contributed by atoms with van der Waals surface area (Å²) in [6, 6.07) is 0. The van der Waals surface area contributed by atoms with E-state index in [1.54, 1.807) is 6.92 Å². The van der Waals surface area contributed by atoms with E-state index in [1.165, 1.54) is 6.92 Å². The summed E-state index contributed by atoms with van der Waals surface area (Å²) in [6.07, 6.45) is 1.70. The average Bonchev–Trinajstić information content (AvgIpc) is 2.15. The number of nitrogens with two attached hydrogens (primary N) is 1. The lowest BCUT2D eigenvalue weighted by atomic mass is 9.99. The van der Waals surface area contributed by atoms with Gasteiger partial charge in [0, 0.05) is 18.3 Å². The summed E-state index contributed by atoms with van der Waals surface area (Å²) >= 11 is 0. The molecule has 1 amide bonds. The molecule has 0 heterocycles. The van der Waals surface area contributed by atoms with Crippen molar-refractivity contribution in [3.8, 4) is 0 Å². The van der Waals surface area contributed by atoms with E-state index in [4.69, 9.17) is 5.73 Å². The van der Waals surface area contributed by atoms with E-state index in [0.717, 1.165) is 6.26 Å². The van der Waals surface area contributed by atoms with Gasteiger partial charge in [-0.25, -0.2) is 8.42 Å². The topological polar surface area (TPSA) is 89.3 Å². The summed E-state index contributed by atoms with van der Waals surface area (Å²) in [7, 11) is -3.34. The van der Waals surface area contributed by atoms with Gasteiger partial charge in [0.2, 0.25) is 5.91 Å². The van der Waals surface area contributed by atoms with Crippen LogP contribution < -0.4 is 11.1 Å². The van der Waals surface area contributed by atoms with Gasteiger partial charge in [0.05, 0.1) is 0 Å². The predicted octanol–water partition coefficient (Wildman–Crippen LogP) is -0.337. The van der Waals surface area contributed by atoms with Gasteiger partial charge in [-0.15, -0.1) is 0 Å². The van der Waals surface area contributed by atoms with Crippen molar-refractivity contribution in [2.24, 2.45) is 5.73 Å². The smallest absolute Gasteiger partial charge is 0.238 e. The molecule has 6 heteroatoms. The summed E-state index contributed by atoms with van der Waals surface area (Å²) < 4.78 is 22.3. The molecule has 0 fully saturated rings. The van der Waals surface area contributed by atoms with Crippen molar-refractivity contribution in [2.45, 2.75) is 38.0 Å². The summed E-state index contributed by atoms with van der Waals surface area (Å²) in [5.74, 6) is -0.493. The number of amides is 1. The van der Waals surface area contributed by atoms with Crippen LogP contribution >= 0.6 is 0 Å². The number of carbonyl (C=O) groups is 1. The first-order chi connectivity index (χ1) is 6.66. The van der Waals surface area contributed by atoms with Crippen LogP contribution in [0.3, 0.4) is 0 Å². The normalized spacial score (nSPS) is 17.9. The number of rotatable bonds is 5. The molecule has 0 saturated heterocycles. The molecule has 0 radical (unpaired) electrons. The first-order valence-electron chi connectivity index (χ1n) is 4.87. The van der Waals surface area contributed by atoms with Crippen molar-refractivity contribution < 1.29 is 13.2 Å². The Morgan fingerprint density at radius 1 is 1.53 bits per heavy atom. The highest BCUT2D eigenvalue weighted by Gasteiger charge is 2.29. The Hall–Kier alpha value is -0.620. The lowest BCUT2D eigenvalue weighted by molar-refractivity contribution is -0.122. The molecule has 0 saturated carbocycles. The molecule has 3 N–H and O–H groups in total. The van der Waals surface area contributed by atoms with Crippen molar-refractivity contribution in [3.05, 3.63) is 0 Å². The molecule has 15 heavy (non-hydrogen) atoms. The predicted molar refractivity (Wildman–Crippen MR) is 60.2 cm³/mol. The van der Waals surface area contributed by atoms with E-state index in [0.29, 0.717) is 6.42 Å². The summed E-state index contributed by atoms with van der Waals surface area (Å²) in [5, 5.41) is 1.62. The van der Waals surface area contributed by atoms with Gasteiger partial charge in [-0.1, -0.05) is 6.92 Å². The second-order valence-electron chi connectivity index (χ2n) is 4.08. The Bertz CT molecular complexity index is 320. The number of sulfone groups is 1. The molecular formula is C9H20N2O3S. The zero-order valence-corrected chi connectivity index (χ0v) is 10.5. The van der Waals surface area contributed by atoms with Crippen LogP contribution in [0.1, 0.15) is 27.2 Å². The van der Waals surface area contributed by atoms with Gasteiger partial charge in [0.25, 0.3) is 0 Å². The second-order valence-corrected chi connectivity index (χ2v) is 6.45. The van der Waals surface area contributed by atoms with Crippen LogP contribution in [0, 0.1) is 0 Å². The molecule has 0 aromatic rings. The molecule has 0 aromatic carbocycles. The summed E-state index contributed by atoms with van der Waals surface area (Å²) in [5.41, 5.74) is 4.98. The molecule has 5 nitrogen and oxygen atoms in total.